The van der Waals surface area contributed by atoms with E-state index in [4.69, 9.17) is 5.11 Å². The van der Waals surface area contributed by atoms with Crippen molar-refractivity contribution in [3.05, 3.63) is 47.3 Å². The summed E-state index contributed by atoms with van der Waals surface area (Å²) in [4.78, 5) is 23.1. The molecule has 0 unspecified atom stereocenters. The second-order valence-corrected chi connectivity index (χ2v) is 9.01. The Bertz CT molecular complexity index is 843. The number of carboxylic acids is 1. The topological polar surface area (TPSA) is 101 Å². The molecule has 1 amide bonds. The average molecular weight is 396 g/mol. The van der Waals surface area contributed by atoms with E-state index < -0.39 is 15.8 Å². The van der Waals surface area contributed by atoms with Crippen LogP contribution in [0.3, 0.4) is 0 Å². The average Bonchev–Trinajstić information content (AvgIpc) is 3.12. The van der Waals surface area contributed by atoms with Gasteiger partial charge < -0.3 is 10.4 Å². The minimum Gasteiger partial charge on any atom is -0.481 e. The molecule has 8 heteroatoms. The summed E-state index contributed by atoms with van der Waals surface area (Å²) in [5.74, 6) is -1.09. The molecule has 6 nitrogen and oxygen atoms in total. The summed E-state index contributed by atoms with van der Waals surface area (Å²) in [7, 11) is -3.60. The molecule has 0 saturated carbocycles. The smallest absolute Gasteiger partial charge is 0.303 e. The van der Waals surface area contributed by atoms with Crippen LogP contribution < -0.4 is 5.32 Å². The number of unbranched alkanes of at least 4 members (excludes halogenated alkanes) is 3. The van der Waals surface area contributed by atoms with Crippen LogP contribution in [-0.4, -0.2) is 31.9 Å². The van der Waals surface area contributed by atoms with Crippen LogP contribution in [0, 0.1) is 0 Å². The predicted octanol–water partition coefficient (Wildman–Crippen LogP) is 3.35. The van der Waals surface area contributed by atoms with Gasteiger partial charge in [0.1, 0.15) is 4.21 Å². The minimum absolute atomic E-state index is 0.141. The van der Waals surface area contributed by atoms with Gasteiger partial charge in [-0.1, -0.05) is 31.0 Å². The van der Waals surface area contributed by atoms with E-state index >= 15 is 0 Å². The van der Waals surface area contributed by atoms with Gasteiger partial charge in [0.2, 0.25) is 9.84 Å². The number of hydrogen-bond acceptors (Lipinski definition) is 5. The Labute approximate surface area is 156 Å². The lowest BCUT2D eigenvalue weighted by Gasteiger charge is -2.03. The van der Waals surface area contributed by atoms with Gasteiger partial charge >= 0.3 is 5.97 Å². The highest BCUT2D eigenvalue weighted by Gasteiger charge is 2.21. The Kier molecular flexibility index (Phi) is 7.35. The molecule has 0 atom stereocenters. The lowest BCUT2D eigenvalue weighted by Crippen LogP contribution is -2.23. The van der Waals surface area contributed by atoms with Gasteiger partial charge in [0, 0.05) is 13.0 Å². The lowest BCUT2D eigenvalue weighted by atomic mass is 10.1. The number of amides is 1. The van der Waals surface area contributed by atoms with Crippen LogP contribution in [-0.2, 0) is 14.6 Å². The van der Waals surface area contributed by atoms with E-state index in [1.54, 1.807) is 18.2 Å². The van der Waals surface area contributed by atoms with E-state index in [0.717, 1.165) is 30.6 Å². The van der Waals surface area contributed by atoms with Crippen molar-refractivity contribution in [2.75, 3.05) is 6.54 Å². The number of hydrogen-bond donors (Lipinski definition) is 2. The van der Waals surface area contributed by atoms with Crippen LogP contribution in [0.4, 0.5) is 0 Å². The number of sulfone groups is 1. The van der Waals surface area contributed by atoms with Crippen molar-refractivity contribution in [2.24, 2.45) is 0 Å². The molecule has 1 aromatic carbocycles. The van der Waals surface area contributed by atoms with Crippen LogP contribution in [0.1, 0.15) is 41.8 Å². The summed E-state index contributed by atoms with van der Waals surface area (Å²) in [6.07, 6.45) is 3.20. The first-order chi connectivity index (χ1) is 12.4. The number of thiophene rings is 1. The van der Waals surface area contributed by atoms with E-state index in [0.29, 0.717) is 17.8 Å². The van der Waals surface area contributed by atoms with Crippen molar-refractivity contribution in [1.29, 1.82) is 0 Å². The Morgan fingerprint density at radius 3 is 2.35 bits per heavy atom. The van der Waals surface area contributed by atoms with Crippen molar-refractivity contribution in [2.45, 2.75) is 41.2 Å². The maximum absolute atomic E-state index is 12.5. The van der Waals surface area contributed by atoms with Crippen molar-refractivity contribution < 1.29 is 23.1 Å². The summed E-state index contributed by atoms with van der Waals surface area (Å²) in [6.45, 7) is 0.477. The van der Waals surface area contributed by atoms with Crippen LogP contribution in [0.5, 0.6) is 0 Å². The highest BCUT2D eigenvalue weighted by Crippen LogP contribution is 2.27. The molecule has 140 valence electrons. The molecule has 0 radical (unpaired) electrons. The molecule has 2 rings (SSSR count). The molecule has 1 aromatic heterocycles. The monoisotopic (exact) mass is 395 g/mol. The van der Waals surface area contributed by atoms with Gasteiger partial charge in [-0.25, -0.2) is 8.42 Å². The fraction of sp³-hybridized carbons (Fsp3) is 0.333. The quantitative estimate of drug-likeness (QED) is 0.601. The number of rotatable bonds is 10. The maximum atomic E-state index is 12.5. The lowest BCUT2D eigenvalue weighted by molar-refractivity contribution is -0.137. The van der Waals surface area contributed by atoms with Crippen LogP contribution >= 0.6 is 11.3 Å². The van der Waals surface area contributed by atoms with Crippen molar-refractivity contribution in [1.82, 2.24) is 5.32 Å². The van der Waals surface area contributed by atoms with Crippen LogP contribution in [0.15, 0.2) is 51.6 Å². The third-order valence-electron chi connectivity index (χ3n) is 3.73. The second kappa shape index (κ2) is 9.49. The first-order valence-corrected chi connectivity index (χ1v) is 10.6. The molecule has 2 aromatic rings. The number of carbonyl (C=O) groups excluding carboxylic acids is 1. The van der Waals surface area contributed by atoms with Gasteiger partial charge in [-0.3, -0.25) is 9.59 Å². The maximum Gasteiger partial charge on any atom is 0.303 e. The van der Waals surface area contributed by atoms with E-state index in [9.17, 15) is 18.0 Å². The summed E-state index contributed by atoms with van der Waals surface area (Å²) in [5, 5.41) is 11.3. The predicted molar refractivity (Wildman–Crippen MR) is 99.3 cm³/mol. The van der Waals surface area contributed by atoms with E-state index in [1.165, 1.54) is 24.3 Å². The van der Waals surface area contributed by atoms with Crippen LogP contribution in [0.25, 0.3) is 0 Å². The van der Waals surface area contributed by atoms with E-state index in [-0.39, 0.29) is 21.4 Å². The van der Waals surface area contributed by atoms with Crippen LogP contribution in [0.2, 0.25) is 0 Å². The molecule has 0 aliphatic rings. The van der Waals surface area contributed by atoms with E-state index in [1.807, 2.05) is 0 Å². The van der Waals surface area contributed by atoms with Gasteiger partial charge in [0.05, 0.1) is 9.77 Å². The number of aliphatic carboxylic acids is 1. The highest BCUT2D eigenvalue weighted by atomic mass is 32.2. The van der Waals surface area contributed by atoms with Crippen molar-refractivity contribution >= 4 is 33.1 Å². The zero-order valence-electron chi connectivity index (χ0n) is 14.2. The molecule has 1 heterocycles. The fourth-order valence-electron chi connectivity index (χ4n) is 2.35. The summed E-state index contributed by atoms with van der Waals surface area (Å²) >= 11 is 0.953. The highest BCUT2D eigenvalue weighted by molar-refractivity contribution is 7.93. The van der Waals surface area contributed by atoms with Gasteiger partial charge in [-0.2, -0.15) is 0 Å². The fourth-order valence-corrected chi connectivity index (χ4v) is 4.99. The molecule has 26 heavy (non-hydrogen) atoms. The number of nitrogens with one attached hydrogen (secondary N) is 1. The molecule has 0 saturated heterocycles. The molecule has 0 aliphatic heterocycles. The molecule has 2 N–H and O–H groups in total. The number of benzene rings is 1. The van der Waals surface area contributed by atoms with Gasteiger partial charge in [0.25, 0.3) is 5.91 Å². The molecular weight excluding hydrogens is 374 g/mol. The Hall–Kier alpha value is -2.19. The third-order valence-corrected chi connectivity index (χ3v) is 7.07. The van der Waals surface area contributed by atoms with Gasteiger partial charge in [-0.15, -0.1) is 11.3 Å². The minimum atomic E-state index is -3.60. The number of carboxylic acid groups (broad SMARTS) is 1. The molecule has 0 aliphatic carbocycles. The molecule has 0 fully saturated rings. The van der Waals surface area contributed by atoms with Crippen molar-refractivity contribution in [3.63, 3.8) is 0 Å². The Morgan fingerprint density at radius 2 is 1.65 bits per heavy atom. The zero-order valence-corrected chi connectivity index (χ0v) is 15.8. The Morgan fingerprint density at radius 1 is 0.962 bits per heavy atom. The van der Waals surface area contributed by atoms with Crippen molar-refractivity contribution in [3.8, 4) is 0 Å². The first kappa shape index (κ1) is 20.1. The second-order valence-electron chi connectivity index (χ2n) is 5.75. The number of carbonyl (C=O) groups is 2. The van der Waals surface area contributed by atoms with Gasteiger partial charge in [-0.05, 0) is 37.1 Å². The van der Waals surface area contributed by atoms with E-state index in [2.05, 4.69) is 5.32 Å². The standard InChI is InChI=1S/C18H21NO5S2/c20-16(21)10-6-1-2-7-13-19-18(22)15-11-12-17(25-15)26(23,24)14-8-4-3-5-9-14/h3-5,8-9,11-12H,1-2,6-7,10,13H2,(H,19,22)(H,20,21). The third kappa shape index (κ3) is 5.67. The molecule has 0 spiro atoms. The summed E-state index contributed by atoms with van der Waals surface area (Å²) in [5.41, 5.74) is 0. The SMILES string of the molecule is O=C(O)CCCCCCNC(=O)c1ccc(S(=O)(=O)c2ccccc2)s1. The van der Waals surface area contributed by atoms with Gasteiger partial charge in [0.15, 0.2) is 0 Å². The summed E-state index contributed by atoms with van der Waals surface area (Å²) in [6, 6.07) is 11.1. The largest absolute Gasteiger partial charge is 0.481 e. The zero-order chi connectivity index (χ0) is 19.0. The summed E-state index contributed by atoms with van der Waals surface area (Å²) < 4.78 is 25.2. The normalized spacial score (nSPS) is 11.2. The molecular formula is C18H21NO5S2. The first-order valence-electron chi connectivity index (χ1n) is 8.31. The Balaban J connectivity index is 1.83. The molecule has 0 bridgehead atoms.